The van der Waals surface area contributed by atoms with Crippen molar-refractivity contribution in [2.24, 2.45) is 0 Å². The molecule has 1 atom stereocenters. The number of nitrogens with one attached hydrogen (secondary N) is 1. The molecule has 0 radical (unpaired) electrons. The van der Waals surface area contributed by atoms with Gasteiger partial charge in [0.2, 0.25) is 0 Å². The van der Waals surface area contributed by atoms with Gasteiger partial charge in [-0.3, -0.25) is 0 Å². The normalized spacial score (nSPS) is 13.5. The van der Waals surface area contributed by atoms with Crippen LogP contribution in [0.25, 0.3) is 0 Å². The summed E-state index contributed by atoms with van der Waals surface area (Å²) >= 11 is 0. The quantitative estimate of drug-likeness (QED) is 0.800. The highest BCUT2D eigenvalue weighted by Gasteiger charge is 2.12. The van der Waals surface area contributed by atoms with E-state index in [-0.39, 0.29) is 5.54 Å². The Balaban J connectivity index is 2.23. The first-order chi connectivity index (χ1) is 7.47. The molecule has 0 amide bonds. The number of aliphatic hydroxyl groups excluding tert-OH is 1. The minimum atomic E-state index is -0.487. The molecule has 0 aliphatic rings. The Labute approximate surface area is 97.4 Å². The number of rotatable bonds is 5. The summed E-state index contributed by atoms with van der Waals surface area (Å²) in [6.07, 6.45) is -0.487. The number of β-amino-alcohol motifs (C(OH)–C–C–N with tert-alkyl or cyclic N) is 1. The van der Waals surface area contributed by atoms with Gasteiger partial charge in [-0.15, -0.1) is 0 Å². The van der Waals surface area contributed by atoms with Gasteiger partial charge in [0.25, 0.3) is 0 Å². The number of benzene rings is 1. The van der Waals surface area contributed by atoms with E-state index < -0.39 is 6.10 Å². The molecular weight excluding hydrogens is 202 g/mol. The second-order valence-corrected chi connectivity index (χ2v) is 4.91. The highest BCUT2D eigenvalue weighted by Crippen LogP contribution is 2.08. The Hall–Kier alpha value is -1.06. The standard InChI is InChI=1S/C13H21NO2/c1-13(2,3)14-9-11(15)10-16-12-7-5-4-6-8-12/h4-8,11,14-15H,9-10H2,1-3H3/t11-/m0/s1. The smallest absolute Gasteiger partial charge is 0.119 e. The van der Waals surface area contributed by atoms with E-state index in [1.165, 1.54) is 0 Å². The number of hydrogen-bond donors (Lipinski definition) is 2. The third-order valence-electron chi connectivity index (χ3n) is 2.05. The van der Waals surface area contributed by atoms with E-state index in [9.17, 15) is 5.11 Å². The summed E-state index contributed by atoms with van der Waals surface area (Å²) in [5.74, 6) is 0.789. The molecule has 1 aromatic rings. The fourth-order valence-electron chi connectivity index (χ4n) is 1.19. The third kappa shape index (κ3) is 5.73. The average molecular weight is 223 g/mol. The first-order valence-corrected chi connectivity index (χ1v) is 5.58. The monoisotopic (exact) mass is 223 g/mol. The first-order valence-electron chi connectivity index (χ1n) is 5.58. The van der Waals surface area contributed by atoms with Gasteiger partial charge < -0.3 is 15.2 Å². The van der Waals surface area contributed by atoms with Crippen molar-refractivity contribution in [3.8, 4) is 5.75 Å². The Kier molecular flexibility index (Phi) is 4.77. The highest BCUT2D eigenvalue weighted by atomic mass is 16.5. The lowest BCUT2D eigenvalue weighted by atomic mass is 10.1. The maximum absolute atomic E-state index is 9.69. The molecule has 0 fully saturated rings. The van der Waals surface area contributed by atoms with E-state index in [0.717, 1.165) is 5.75 Å². The van der Waals surface area contributed by atoms with Crippen LogP contribution in [0.5, 0.6) is 5.75 Å². The van der Waals surface area contributed by atoms with Crippen LogP contribution >= 0.6 is 0 Å². The van der Waals surface area contributed by atoms with E-state index in [1.54, 1.807) is 0 Å². The van der Waals surface area contributed by atoms with Crippen LogP contribution in [0, 0.1) is 0 Å². The van der Waals surface area contributed by atoms with E-state index in [2.05, 4.69) is 26.1 Å². The molecule has 0 aromatic heterocycles. The molecule has 0 unspecified atom stereocenters. The molecule has 0 saturated heterocycles. The molecule has 3 heteroatoms. The van der Waals surface area contributed by atoms with Crippen molar-refractivity contribution in [1.29, 1.82) is 0 Å². The third-order valence-corrected chi connectivity index (χ3v) is 2.05. The molecule has 0 spiro atoms. The number of hydrogen-bond acceptors (Lipinski definition) is 3. The molecule has 3 nitrogen and oxygen atoms in total. The highest BCUT2D eigenvalue weighted by molar-refractivity contribution is 5.20. The zero-order valence-electron chi connectivity index (χ0n) is 10.2. The topological polar surface area (TPSA) is 41.5 Å². The van der Waals surface area contributed by atoms with E-state index >= 15 is 0 Å². The summed E-state index contributed by atoms with van der Waals surface area (Å²) in [6.45, 7) is 7.05. The molecule has 0 aliphatic heterocycles. The van der Waals surface area contributed by atoms with Crippen LogP contribution in [-0.4, -0.2) is 29.9 Å². The van der Waals surface area contributed by atoms with Crippen LogP contribution in [0.1, 0.15) is 20.8 Å². The van der Waals surface area contributed by atoms with E-state index in [0.29, 0.717) is 13.2 Å². The molecule has 0 aliphatic carbocycles. The Morgan fingerprint density at radius 2 is 1.88 bits per heavy atom. The van der Waals surface area contributed by atoms with Gasteiger partial charge >= 0.3 is 0 Å². The second kappa shape index (κ2) is 5.87. The minimum Gasteiger partial charge on any atom is -0.491 e. The van der Waals surface area contributed by atoms with Crippen LogP contribution in [0.4, 0.5) is 0 Å². The lowest BCUT2D eigenvalue weighted by Gasteiger charge is -2.22. The van der Waals surface area contributed by atoms with Gasteiger partial charge in [-0.1, -0.05) is 18.2 Å². The SMILES string of the molecule is CC(C)(C)NC[C@H](O)COc1ccccc1. The van der Waals surface area contributed by atoms with Gasteiger partial charge in [0, 0.05) is 12.1 Å². The molecule has 16 heavy (non-hydrogen) atoms. The van der Waals surface area contributed by atoms with Gasteiger partial charge in [0.1, 0.15) is 18.5 Å². The molecule has 1 aromatic carbocycles. The van der Waals surface area contributed by atoms with Gasteiger partial charge in [-0.05, 0) is 32.9 Å². The molecule has 1 rings (SSSR count). The van der Waals surface area contributed by atoms with Crippen LogP contribution < -0.4 is 10.1 Å². The summed E-state index contributed by atoms with van der Waals surface area (Å²) in [5.41, 5.74) is 0.0216. The Bertz CT molecular complexity index is 293. The van der Waals surface area contributed by atoms with Gasteiger partial charge in [0.05, 0.1) is 0 Å². The zero-order chi connectivity index (χ0) is 12.0. The number of para-hydroxylation sites is 1. The average Bonchev–Trinajstić information content (AvgIpc) is 2.24. The summed E-state index contributed by atoms with van der Waals surface area (Å²) in [6, 6.07) is 9.52. The fourth-order valence-corrected chi connectivity index (χ4v) is 1.19. The van der Waals surface area contributed by atoms with Crippen LogP contribution in [-0.2, 0) is 0 Å². The predicted octanol–water partition coefficient (Wildman–Crippen LogP) is 1.81. The van der Waals surface area contributed by atoms with Crippen LogP contribution in [0.15, 0.2) is 30.3 Å². The molecule has 90 valence electrons. The van der Waals surface area contributed by atoms with Crippen LogP contribution in [0.2, 0.25) is 0 Å². The number of aliphatic hydroxyl groups is 1. The molecule has 0 bridgehead atoms. The fraction of sp³-hybridized carbons (Fsp3) is 0.538. The van der Waals surface area contributed by atoms with Gasteiger partial charge in [-0.25, -0.2) is 0 Å². The lowest BCUT2D eigenvalue weighted by Crippen LogP contribution is -2.42. The molecule has 0 saturated carbocycles. The van der Waals surface area contributed by atoms with E-state index in [4.69, 9.17) is 4.74 Å². The van der Waals surface area contributed by atoms with Crippen LogP contribution in [0.3, 0.4) is 0 Å². The summed E-state index contributed by atoms with van der Waals surface area (Å²) in [5, 5.41) is 12.9. The largest absolute Gasteiger partial charge is 0.491 e. The van der Waals surface area contributed by atoms with Crippen molar-refractivity contribution in [3.05, 3.63) is 30.3 Å². The maximum atomic E-state index is 9.69. The summed E-state index contributed by atoms with van der Waals surface area (Å²) in [7, 11) is 0. The summed E-state index contributed by atoms with van der Waals surface area (Å²) in [4.78, 5) is 0. The van der Waals surface area contributed by atoms with Crippen molar-refractivity contribution >= 4 is 0 Å². The first kappa shape index (κ1) is 13.0. The predicted molar refractivity (Wildman–Crippen MR) is 65.7 cm³/mol. The second-order valence-electron chi connectivity index (χ2n) is 4.91. The zero-order valence-corrected chi connectivity index (χ0v) is 10.2. The minimum absolute atomic E-state index is 0.0216. The van der Waals surface area contributed by atoms with E-state index in [1.807, 2.05) is 30.3 Å². The van der Waals surface area contributed by atoms with Crippen molar-refractivity contribution in [1.82, 2.24) is 5.32 Å². The molecule has 0 heterocycles. The molecular formula is C13H21NO2. The Morgan fingerprint density at radius 3 is 2.44 bits per heavy atom. The summed E-state index contributed by atoms with van der Waals surface area (Å²) < 4.78 is 5.44. The van der Waals surface area contributed by atoms with Gasteiger partial charge in [0.15, 0.2) is 0 Å². The lowest BCUT2D eigenvalue weighted by molar-refractivity contribution is 0.100. The van der Waals surface area contributed by atoms with Crippen molar-refractivity contribution in [2.75, 3.05) is 13.2 Å². The Morgan fingerprint density at radius 1 is 1.25 bits per heavy atom. The number of ether oxygens (including phenoxy) is 1. The molecule has 2 N–H and O–H groups in total. The van der Waals surface area contributed by atoms with Gasteiger partial charge in [-0.2, -0.15) is 0 Å². The van der Waals surface area contributed by atoms with Crippen molar-refractivity contribution < 1.29 is 9.84 Å². The van der Waals surface area contributed by atoms with Crippen molar-refractivity contribution in [2.45, 2.75) is 32.4 Å². The maximum Gasteiger partial charge on any atom is 0.119 e. The van der Waals surface area contributed by atoms with Crippen molar-refractivity contribution in [3.63, 3.8) is 0 Å².